The summed E-state index contributed by atoms with van der Waals surface area (Å²) in [6.45, 7) is 9.03. The molecule has 2 atom stereocenters. The molecule has 0 radical (unpaired) electrons. The van der Waals surface area contributed by atoms with Crippen LogP contribution in [0.2, 0.25) is 37.3 Å². The van der Waals surface area contributed by atoms with Crippen LogP contribution >= 0.6 is 0 Å². The molecule has 0 aromatic heterocycles. The Balaban J connectivity index is 6.69. The maximum absolute atomic E-state index is 13.4. The van der Waals surface area contributed by atoms with Crippen LogP contribution in [0, 0.1) is 11.8 Å². The molecule has 0 aliphatic rings. The van der Waals surface area contributed by atoms with E-state index in [0.29, 0.717) is 4.90 Å². The zero-order valence-electron chi connectivity index (χ0n) is 28.4. The summed E-state index contributed by atoms with van der Waals surface area (Å²) in [6.07, 6.45) is -25.9. The second kappa shape index (κ2) is 15.9. The van der Waals surface area contributed by atoms with Crippen molar-refractivity contribution in [2.24, 2.45) is 11.8 Å². The predicted molar refractivity (Wildman–Crippen MR) is 157 cm³/mol. The first-order chi connectivity index (χ1) is 21.1. The molecule has 0 aromatic rings. The van der Waals surface area contributed by atoms with E-state index in [4.69, 9.17) is 17.7 Å². The number of amides is 2. The molecular weight excluding hydrogens is 737 g/mol. The molecule has 0 spiro atoms. The molecule has 2 unspecified atom stereocenters. The number of nitrogens with zero attached hydrogens (tertiary/aromatic N) is 2. The van der Waals surface area contributed by atoms with Crippen molar-refractivity contribution in [2.45, 2.75) is 88.3 Å². The maximum atomic E-state index is 13.4. The number of carbonyl (C=O) groups excluding carboxylic acids is 2. The van der Waals surface area contributed by atoms with Crippen molar-refractivity contribution in [3.63, 3.8) is 0 Å². The van der Waals surface area contributed by atoms with Gasteiger partial charge in [0.2, 0.25) is 32.0 Å². The Morgan fingerprint density at radius 2 is 0.958 bits per heavy atom. The van der Waals surface area contributed by atoms with Crippen molar-refractivity contribution < 1.29 is 80.0 Å². The van der Waals surface area contributed by atoms with Gasteiger partial charge in [-0.1, -0.05) is 20.0 Å². The standard InChI is InChI=1S/C25H44F12N2O6Si3/c1-16(45-47(10,11)15-39(4)20(41)18(24(32,33)34)25(35,36)37)21(2,12-13-48(42-5,43-6)44-7)46(8,9)14-38(3)19(40)17(22(26,27)28)23(29,30)31/h16-18H,12-15H2,1-11H3. The number of carbonyl (C=O) groups is 2. The van der Waals surface area contributed by atoms with Crippen LogP contribution in [0.1, 0.15) is 20.3 Å². The van der Waals surface area contributed by atoms with Crippen LogP contribution < -0.4 is 0 Å². The lowest BCUT2D eigenvalue weighted by Crippen LogP contribution is -2.60. The van der Waals surface area contributed by atoms with Gasteiger partial charge in [0.1, 0.15) is 0 Å². The fourth-order valence-electron chi connectivity index (χ4n) is 5.58. The van der Waals surface area contributed by atoms with Gasteiger partial charge in [0, 0.05) is 59.9 Å². The quantitative estimate of drug-likeness (QED) is 0.127. The molecule has 2 amide bonds. The Bertz CT molecular complexity index is 1050. The van der Waals surface area contributed by atoms with Crippen molar-refractivity contribution in [1.82, 2.24) is 9.80 Å². The third-order valence-corrected chi connectivity index (χ3v) is 18.6. The zero-order chi connectivity index (χ0) is 38.7. The van der Waals surface area contributed by atoms with Crippen molar-refractivity contribution in [3.05, 3.63) is 0 Å². The van der Waals surface area contributed by atoms with Crippen molar-refractivity contribution in [2.75, 3.05) is 47.8 Å². The van der Waals surface area contributed by atoms with Gasteiger partial charge in [-0.05, 0) is 31.5 Å². The Morgan fingerprint density at radius 3 is 1.25 bits per heavy atom. The Kier molecular flexibility index (Phi) is 15.4. The number of halogens is 12. The van der Waals surface area contributed by atoms with Gasteiger partial charge in [-0.25, -0.2) is 0 Å². The molecule has 0 aliphatic carbocycles. The number of alkyl halides is 12. The molecule has 0 heterocycles. The highest BCUT2D eigenvalue weighted by molar-refractivity contribution is 6.81. The Morgan fingerprint density at radius 1 is 0.646 bits per heavy atom. The molecule has 0 saturated heterocycles. The fourth-order valence-corrected chi connectivity index (χ4v) is 14.1. The largest absolute Gasteiger partial charge is 0.500 e. The number of hydrogen-bond donors (Lipinski definition) is 0. The van der Waals surface area contributed by atoms with Crippen LogP contribution in [0.3, 0.4) is 0 Å². The first kappa shape index (κ1) is 46.6. The second-order valence-corrected chi connectivity index (χ2v) is 25.4. The lowest BCUT2D eigenvalue weighted by Gasteiger charge is -2.51. The molecule has 0 saturated carbocycles. The molecule has 48 heavy (non-hydrogen) atoms. The smallest absolute Gasteiger partial charge is 0.413 e. The van der Waals surface area contributed by atoms with Gasteiger partial charge >= 0.3 is 33.5 Å². The molecule has 0 aliphatic heterocycles. The van der Waals surface area contributed by atoms with Gasteiger partial charge in [0.15, 0.2) is 0 Å². The number of rotatable bonds is 16. The van der Waals surface area contributed by atoms with E-state index in [0.717, 1.165) is 14.1 Å². The molecule has 286 valence electrons. The van der Waals surface area contributed by atoms with Crippen molar-refractivity contribution >= 4 is 37.0 Å². The van der Waals surface area contributed by atoms with E-state index in [9.17, 15) is 62.3 Å². The predicted octanol–water partition coefficient (Wildman–Crippen LogP) is 6.81. The van der Waals surface area contributed by atoms with E-state index in [2.05, 4.69) is 0 Å². The molecule has 0 N–H and O–H groups in total. The van der Waals surface area contributed by atoms with Gasteiger partial charge in [-0.15, -0.1) is 0 Å². The SMILES string of the molecule is CO[Si](CCC(C)(C(C)O[Si](C)(C)CN(C)C(=O)C(C(F)(F)F)C(F)(F)F)[Si](C)(C)CN(C)C(=O)C(C(F)(F)F)C(F)(F)F)(OC)OC. The summed E-state index contributed by atoms with van der Waals surface area (Å²) >= 11 is 0. The summed E-state index contributed by atoms with van der Waals surface area (Å²) < 4.78 is 182. The maximum Gasteiger partial charge on any atom is 0.500 e. The minimum atomic E-state index is -5.94. The minimum absolute atomic E-state index is 0.0295. The van der Waals surface area contributed by atoms with Crippen molar-refractivity contribution in [1.29, 1.82) is 0 Å². The summed E-state index contributed by atoms with van der Waals surface area (Å²) in [7, 11) is -4.75. The lowest BCUT2D eigenvalue weighted by atomic mass is 10.0. The third-order valence-electron chi connectivity index (χ3n) is 8.63. The normalized spacial score (nSPS) is 16.3. The van der Waals surface area contributed by atoms with Crippen molar-refractivity contribution in [3.8, 4) is 0 Å². The average molecular weight is 781 g/mol. The Labute approximate surface area is 274 Å². The molecule has 0 rings (SSSR count). The van der Waals surface area contributed by atoms with Crippen LogP contribution in [-0.2, 0) is 27.3 Å². The summed E-state index contributed by atoms with van der Waals surface area (Å²) in [6, 6.07) is 0.0295. The summed E-state index contributed by atoms with van der Waals surface area (Å²) in [4.78, 5) is 25.6. The topological polar surface area (TPSA) is 77.5 Å². The van der Waals surface area contributed by atoms with Gasteiger partial charge < -0.3 is 27.5 Å². The molecule has 0 fully saturated rings. The molecule has 8 nitrogen and oxygen atoms in total. The molecule has 23 heteroatoms. The highest BCUT2D eigenvalue weighted by atomic mass is 28.4. The molecule has 0 bridgehead atoms. The van der Waals surface area contributed by atoms with Gasteiger partial charge in [0.05, 0.1) is 8.07 Å². The van der Waals surface area contributed by atoms with Crippen LogP contribution in [0.4, 0.5) is 52.7 Å². The van der Waals surface area contributed by atoms with E-state index >= 15 is 0 Å². The Hall–Kier alpha value is -1.41. The van der Waals surface area contributed by atoms with Crippen LogP contribution in [0.5, 0.6) is 0 Å². The van der Waals surface area contributed by atoms with Gasteiger partial charge in [-0.2, -0.15) is 52.7 Å². The van der Waals surface area contributed by atoms with Crippen LogP contribution in [0.15, 0.2) is 0 Å². The third kappa shape index (κ3) is 11.8. The number of hydrogen-bond acceptors (Lipinski definition) is 6. The molecule has 0 aromatic carbocycles. The van der Waals surface area contributed by atoms with Gasteiger partial charge in [-0.3, -0.25) is 9.59 Å². The van der Waals surface area contributed by atoms with E-state index in [1.807, 2.05) is 0 Å². The van der Waals surface area contributed by atoms with Crippen LogP contribution in [-0.4, -0.2) is 125 Å². The summed E-state index contributed by atoms with van der Waals surface area (Å²) in [5.74, 6) is -13.1. The second-order valence-electron chi connectivity index (χ2n) is 13.0. The highest BCUT2D eigenvalue weighted by Gasteiger charge is 2.63. The fraction of sp³-hybridized carbons (Fsp3) is 0.920. The average Bonchev–Trinajstić information content (AvgIpc) is 2.85. The van der Waals surface area contributed by atoms with Crippen LogP contribution in [0.25, 0.3) is 0 Å². The summed E-state index contributed by atoms with van der Waals surface area (Å²) in [5.41, 5.74) is 0. The summed E-state index contributed by atoms with van der Waals surface area (Å²) in [5, 5.41) is -1.20. The van der Waals surface area contributed by atoms with Gasteiger partial charge in [0.25, 0.3) is 0 Å². The van der Waals surface area contributed by atoms with E-state index in [1.165, 1.54) is 41.3 Å². The lowest BCUT2D eigenvalue weighted by molar-refractivity contribution is -0.279. The monoisotopic (exact) mass is 780 g/mol. The van der Waals surface area contributed by atoms with E-state index in [-0.39, 0.29) is 17.4 Å². The minimum Gasteiger partial charge on any atom is -0.413 e. The van der Waals surface area contributed by atoms with E-state index < -0.39 is 97.0 Å². The zero-order valence-corrected chi connectivity index (χ0v) is 31.4. The molecular formula is C25H44F12N2O6Si3. The highest BCUT2D eigenvalue weighted by Crippen LogP contribution is 2.50. The first-order valence-corrected chi connectivity index (χ1v) is 22.4. The first-order valence-electron chi connectivity index (χ1n) is 14.2. The van der Waals surface area contributed by atoms with E-state index in [1.54, 1.807) is 20.0 Å².